The molecule has 3 rings (SSSR count). The third-order valence-corrected chi connectivity index (χ3v) is 2.66. The quantitative estimate of drug-likeness (QED) is 0.666. The summed E-state index contributed by atoms with van der Waals surface area (Å²) in [5.41, 5.74) is 2.41. The normalized spacial score (nSPS) is 10.6. The second-order valence-corrected chi connectivity index (χ2v) is 4.02. The van der Waals surface area contributed by atoms with Crippen molar-refractivity contribution in [3.05, 3.63) is 36.7 Å². The van der Waals surface area contributed by atoms with Gasteiger partial charge in [-0.2, -0.15) is 9.97 Å². The smallest absolute Gasteiger partial charge is 0.226 e. The number of nitrogens with one attached hydrogen (secondary N) is 3. The summed E-state index contributed by atoms with van der Waals surface area (Å²) in [5, 5.41) is 6.37. The lowest BCUT2D eigenvalue weighted by molar-refractivity contribution is 1.10. The molecule has 3 N–H and O–H groups in total. The largest absolute Gasteiger partial charge is 0.354 e. The molecule has 0 fully saturated rings. The summed E-state index contributed by atoms with van der Waals surface area (Å²) in [7, 11) is 0. The van der Waals surface area contributed by atoms with Gasteiger partial charge in [0.25, 0.3) is 0 Å². The van der Waals surface area contributed by atoms with Crippen LogP contribution in [0.2, 0.25) is 0 Å². The van der Waals surface area contributed by atoms with Crippen molar-refractivity contribution in [1.29, 1.82) is 0 Å². The van der Waals surface area contributed by atoms with Gasteiger partial charge in [-0.15, -0.1) is 0 Å². The number of imidazole rings is 1. The number of anilines is 3. The number of rotatable bonds is 4. The van der Waals surface area contributed by atoms with Gasteiger partial charge in [0.05, 0.1) is 6.33 Å². The summed E-state index contributed by atoms with van der Waals surface area (Å²) in [6.07, 6.45) is 1.62. The molecule has 3 aromatic rings. The molecule has 2 heterocycles. The van der Waals surface area contributed by atoms with Gasteiger partial charge in [0.2, 0.25) is 5.95 Å². The Balaban J connectivity index is 2.03. The Morgan fingerprint density at radius 2 is 2.00 bits per heavy atom. The number of hydrogen-bond acceptors (Lipinski definition) is 5. The first-order valence-electron chi connectivity index (χ1n) is 6.14. The first-order valence-corrected chi connectivity index (χ1v) is 6.14. The summed E-state index contributed by atoms with van der Waals surface area (Å²) >= 11 is 0. The van der Waals surface area contributed by atoms with Crippen LogP contribution in [0.1, 0.15) is 6.92 Å². The van der Waals surface area contributed by atoms with Crippen molar-refractivity contribution in [2.24, 2.45) is 0 Å². The van der Waals surface area contributed by atoms with Crippen LogP contribution in [0.25, 0.3) is 11.2 Å². The van der Waals surface area contributed by atoms with Gasteiger partial charge in [0, 0.05) is 12.2 Å². The minimum Gasteiger partial charge on any atom is -0.354 e. The minimum atomic E-state index is 0.570. The number of nitrogens with zero attached hydrogens (tertiary/aromatic N) is 3. The number of para-hydroxylation sites is 1. The van der Waals surface area contributed by atoms with E-state index in [0.29, 0.717) is 17.4 Å². The summed E-state index contributed by atoms with van der Waals surface area (Å²) in [6.45, 7) is 2.77. The standard InChI is InChI=1S/C13H14N6/c1-2-14-13-18-11-10(15-8-16-11)12(19-13)17-9-6-4-3-5-7-9/h3-8H,2H2,1H3,(H3,14,15,16,17,18,19). The van der Waals surface area contributed by atoms with Crippen LogP contribution in [0.4, 0.5) is 17.5 Å². The van der Waals surface area contributed by atoms with Crippen LogP contribution in [0.5, 0.6) is 0 Å². The molecule has 0 radical (unpaired) electrons. The highest BCUT2D eigenvalue weighted by molar-refractivity contribution is 5.85. The maximum atomic E-state index is 4.45. The van der Waals surface area contributed by atoms with Crippen LogP contribution in [-0.2, 0) is 0 Å². The fourth-order valence-corrected chi connectivity index (χ4v) is 1.82. The van der Waals surface area contributed by atoms with Gasteiger partial charge in [-0.05, 0) is 19.1 Å². The Kier molecular flexibility index (Phi) is 2.97. The fourth-order valence-electron chi connectivity index (χ4n) is 1.82. The van der Waals surface area contributed by atoms with Crippen molar-refractivity contribution in [3.8, 4) is 0 Å². The van der Waals surface area contributed by atoms with Gasteiger partial charge in [-0.3, -0.25) is 0 Å². The molecule has 0 bridgehead atoms. The third-order valence-electron chi connectivity index (χ3n) is 2.66. The van der Waals surface area contributed by atoms with Crippen LogP contribution in [-0.4, -0.2) is 26.5 Å². The van der Waals surface area contributed by atoms with E-state index in [1.54, 1.807) is 6.33 Å². The van der Waals surface area contributed by atoms with E-state index in [4.69, 9.17) is 0 Å². The molecular formula is C13H14N6. The lowest BCUT2D eigenvalue weighted by Gasteiger charge is -2.08. The van der Waals surface area contributed by atoms with Gasteiger partial charge in [0.1, 0.15) is 5.52 Å². The van der Waals surface area contributed by atoms with Gasteiger partial charge in [0.15, 0.2) is 11.5 Å². The highest BCUT2D eigenvalue weighted by atomic mass is 15.2. The number of aromatic nitrogens is 4. The van der Waals surface area contributed by atoms with Crippen LogP contribution in [0.15, 0.2) is 36.7 Å². The number of hydrogen-bond donors (Lipinski definition) is 3. The lowest BCUT2D eigenvalue weighted by atomic mass is 10.3. The number of fused-ring (bicyclic) bond motifs is 1. The molecule has 19 heavy (non-hydrogen) atoms. The average molecular weight is 254 g/mol. The third kappa shape index (κ3) is 2.33. The van der Waals surface area contributed by atoms with E-state index in [9.17, 15) is 0 Å². The van der Waals surface area contributed by atoms with Crippen molar-refractivity contribution in [2.45, 2.75) is 6.92 Å². The molecule has 96 valence electrons. The second-order valence-electron chi connectivity index (χ2n) is 4.02. The molecule has 0 aliphatic carbocycles. The Labute approximate surface area is 110 Å². The zero-order valence-corrected chi connectivity index (χ0v) is 10.5. The summed E-state index contributed by atoms with van der Waals surface area (Å²) in [6, 6.07) is 9.88. The highest BCUT2D eigenvalue weighted by Gasteiger charge is 2.09. The van der Waals surface area contributed by atoms with Crippen molar-refractivity contribution < 1.29 is 0 Å². The zero-order valence-electron chi connectivity index (χ0n) is 10.5. The Morgan fingerprint density at radius 3 is 2.79 bits per heavy atom. The van der Waals surface area contributed by atoms with Crippen molar-refractivity contribution >= 4 is 28.6 Å². The first-order chi connectivity index (χ1) is 9.36. The maximum Gasteiger partial charge on any atom is 0.226 e. The molecule has 1 aromatic carbocycles. The Morgan fingerprint density at radius 1 is 1.16 bits per heavy atom. The van der Waals surface area contributed by atoms with E-state index in [1.165, 1.54) is 0 Å². The van der Waals surface area contributed by atoms with E-state index in [1.807, 2.05) is 37.3 Å². The van der Waals surface area contributed by atoms with Crippen LogP contribution in [0.3, 0.4) is 0 Å². The molecule has 0 atom stereocenters. The van der Waals surface area contributed by atoms with E-state index < -0.39 is 0 Å². The maximum absolute atomic E-state index is 4.45. The zero-order chi connectivity index (χ0) is 13.1. The van der Waals surface area contributed by atoms with Crippen molar-refractivity contribution in [3.63, 3.8) is 0 Å². The minimum absolute atomic E-state index is 0.570. The molecule has 0 amide bonds. The van der Waals surface area contributed by atoms with Crippen LogP contribution >= 0.6 is 0 Å². The van der Waals surface area contributed by atoms with Crippen LogP contribution in [0, 0.1) is 0 Å². The molecular weight excluding hydrogens is 240 g/mol. The Bertz CT molecular complexity index is 676. The van der Waals surface area contributed by atoms with Gasteiger partial charge >= 0.3 is 0 Å². The van der Waals surface area contributed by atoms with E-state index in [-0.39, 0.29) is 0 Å². The first kappa shape index (κ1) is 11.5. The predicted molar refractivity (Wildman–Crippen MR) is 75.6 cm³/mol. The van der Waals surface area contributed by atoms with E-state index in [0.717, 1.165) is 17.7 Å². The topological polar surface area (TPSA) is 78.5 Å². The molecule has 0 unspecified atom stereocenters. The van der Waals surface area contributed by atoms with Gasteiger partial charge in [-0.25, -0.2) is 4.98 Å². The van der Waals surface area contributed by atoms with Gasteiger partial charge in [-0.1, -0.05) is 18.2 Å². The average Bonchev–Trinajstić information content (AvgIpc) is 2.89. The van der Waals surface area contributed by atoms with Crippen molar-refractivity contribution in [1.82, 2.24) is 19.9 Å². The second kappa shape index (κ2) is 4.93. The molecule has 2 aromatic heterocycles. The summed E-state index contributed by atoms with van der Waals surface area (Å²) in [5.74, 6) is 1.28. The molecule has 0 aliphatic rings. The molecule has 6 heteroatoms. The van der Waals surface area contributed by atoms with Crippen molar-refractivity contribution in [2.75, 3.05) is 17.2 Å². The predicted octanol–water partition coefficient (Wildman–Crippen LogP) is 2.53. The number of benzene rings is 1. The molecule has 0 aliphatic heterocycles. The fraction of sp³-hybridized carbons (Fsp3) is 0.154. The molecule has 0 spiro atoms. The highest BCUT2D eigenvalue weighted by Crippen LogP contribution is 2.22. The number of aromatic amines is 1. The molecule has 0 saturated carbocycles. The summed E-state index contributed by atoms with van der Waals surface area (Å²) in [4.78, 5) is 16.0. The molecule has 0 saturated heterocycles. The molecule has 6 nitrogen and oxygen atoms in total. The van der Waals surface area contributed by atoms with Gasteiger partial charge < -0.3 is 15.6 Å². The monoisotopic (exact) mass is 254 g/mol. The Hall–Kier alpha value is -2.63. The summed E-state index contributed by atoms with van der Waals surface area (Å²) < 4.78 is 0. The lowest BCUT2D eigenvalue weighted by Crippen LogP contribution is -2.05. The van der Waals surface area contributed by atoms with E-state index in [2.05, 4.69) is 30.6 Å². The number of H-pyrrole nitrogens is 1. The SMILES string of the molecule is CCNc1nc(Nc2ccccc2)c2[nH]cnc2n1. The van der Waals surface area contributed by atoms with E-state index >= 15 is 0 Å². The van der Waals surface area contributed by atoms with Crippen LogP contribution < -0.4 is 10.6 Å².